The van der Waals surface area contributed by atoms with Gasteiger partial charge in [-0.1, -0.05) is 13.8 Å². The topological polar surface area (TPSA) is 29.5 Å². The Morgan fingerprint density at radius 3 is 2.53 bits per heavy atom. The molecule has 0 fully saturated rings. The summed E-state index contributed by atoms with van der Waals surface area (Å²) in [6.07, 6.45) is 0.990. The van der Waals surface area contributed by atoms with Gasteiger partial charge in [0.05, 0.1) is 12.7 Å². The van der Waals surface area contributed by atoms with E-state index in [-0.39, 0.29) is 11.9 Å². The number of methoxy groups -OCH3 is 1. The summed E-state index contributed by atoms with van der Waals surface area (Å²) in [5.41, 5.74) is 0.637. The van der Waals surface area contributed by atoms with Gasteiger partial charge >= 0.3 is 0 Å². The fourth-order valence-electron chi connectivity index (χ4n) is 2.03. The van der Waals surface area contributed by atoms with Gasteiger partial charge in [0, 0.05) is 17.6 Å². The summed E-state index contributed by atoms with van der Waals surface area (Å²) >= 11 is 3.43. The lowest BCUT2D eigenvalue weighted by Gasteiger charge is -2.27. The van der Waals surface area contributed by atoms with Crippen LogP contribution in [-0.4, -0.2) is 31.0 Å². The van der Waals surface area contributed by atoms with Crippen LogP contribution in [0.25, 0.3) is 0 Å². The fraction of sp³-hybridized carbons (Fsp3) is 0.533. The Balaban J connectivity index is 2.93. The highest BCUT2D eigenvalue weighted by Gasteiger charge is 2.20. The van der Waals surface area contributed by atoms with Crippen molar-refractivity contribution in [2.45, 2.75) is 33.2 Å². The average Bonchev–Trinajstić information content (AvgIpc) is 2.36. The summed E-state index contributed by atoms with van der Waals surface area (Å²) in [5, 5.41) is 0. The van der Waals surface area contributed by atoms with Crippen molar-refractivity contribution in [3.05, 3.63) is 28.2 Å². The minimum absolute atomic E-state index is 0.0129. The van der Waals surface area contributed by atoms with Gasteiger partial charge in [-0.15, -0.1) is 0 Å². The Labute approximate surface area is 124 Å². The smallest absolute Gasteiger partial charge is 0.255 e. The fourth-order valence-corrected chi connectivity index (χ4v) is 2.44. The number of hydrogen-bond acceptors (Lipinski definition) is 2. The third-order valence-electron chi connectivity index (χ3n) is 3.20. The molecule has 0 aliphatic rings. The number of halogens is 1. The molecule has 1 aromatic rings. The van der Waals surface area contributed by atoms with Crippen LogP contribution in [-0.2, 0) is 0 Å². The van der Waals surface area contributed by atoms with E-state index in [0.29, 0.717) is 17.2 Å². The van der Waals surface area contributed by atoms with Gasteiger partial charge in [-0.25, -0.2) is 0 Å². The lowest BCUT2D eigenvalue weighted by atomic mass is 10.0. The molecule has 4 heteroatoms. The maximum Gasteiger partial charge on any atom is 0.255 e. The van der Waals surface area contributed by atoms with Gasteiger partial charge in [-0.05, 0) is 53.4 Å². The molecule has 1 rings (SSSR count). The minimum atomic E-state index is 0.0129. The number of benzene rings is 1. The van der Waals surface area contributed by atoms with Crippen LogP contribution in [0.15, 0.2) is 22.7 Å². The van der Waals surface area contributed by atoms with E-state index in [1.807, 2.05) is 19.2 Å². The minimum Gasteiger partial charge on any atom is -0.497 e. The van der Waals surface area contributed by atoms with Crippen molar-refractivity contribution in [1.82, 2.24) is 4.90 Å². The predicted molar refractivity (Wildman–Crippen MR) is 81.7 cm³/mol. The van der Waals surface area contributed by atoms with Crippen molar-refractivity contribution in [2.75, 3.05) is 14.2 Å². The molecule has 0 radical (unpaired) electrons. The largest absolute Gasteiger partial charge is 0.497 e. The first-order valence-corrected chi connectivity index (χ1v) is 7.26. The highest BCUT2D eigenvalue weighted by molar-refractivity contribution is 9.10. The molecule has 1 aromatic carbocycles. The quantitative estimate of drug-likeness (QED) is 0.819. The molecule has 0 heterocycles. The van der Waals surface area contributed by atoms with Gasteiger partial charge in [0.2, 0.25) is 0 Å². The SMILES string of the molecule is COc1ccc(Br)c(C(=O)N(C)C(C)CC(C)C)c1. The lowest BCUT2D eigenvalue weighted by Crippen LogP contribution is -2.36. The summed E-state index contributed by atoms with van der Waals surface area (Å²) in [5.74, 6) is 1.27. The lowest BCUT2D eigenvalue weighted by molar-refractivity contribution is 0.0727. The second-order valence-corrected chi connectivity index (χ2v) is 6.09. The molecular formula is C15H22BrNO2. The maximum atomic E-state index is 12.5. The van der Waals surface area contributed by atoms with Crippen LogP contribution in [0.5, 0.6) is 5.75 Å². The molecule has 0 aliphatic heterocycles. The Hall–Kier alpha value is -1.03. The molecular weight excluding hydrogens is 306 g/mol. The van der Waals surface area contributed by atoms with Gasteiger partial charge in [0.1, 0.15) is 5.75 Å². The first-order chi connectivity index (χ1) is 8.86. The number of nitrogens with zero attached hydrogens (tertiary/aromatic N) is 1. The van der Waals surface area contributed by atoms with Crippen molar-refractivity contribution in [2.24, 2.45) is 5.92 Å². The predicted octanol–water partition coefficient (Wildman–Crippen LogP) is 3.96. The van der Waals surface area contributed by atoms with Gasteiger partial charge in [0.15, 0.2) is 0 Å². The third kappa shape index (κ3) is 4.23. The summed E-state index contributed by atoms with van der Waals surface area (Å²) in [6, 6.07) is 5.65. The van der Waals surface area contributed by atoms with E-state index in [1.165, 1.54) is 0 Å². The van der Waals surface area contributed by atoms with Crippen molar-refractivity contribution in [1.29, 1.82) is 0 Å². The highest BCUT2D eigenvalue weighted by Crippen LogP contribution is 2.24. The van der Waals surface area contributed by atoms with Crippen molar-refractivity contribution in [3.63, 3.8) is 0 Å². The van der Waals surface area contributed by atoms with Crippen LogP contribution >= 0.6 is 15.9 Å². The molecule has 19 heavy (non-hydrogen) atoms. The van der Waals surface area contributed by atoms with E-state index < -0.39 is 0 Å². The summed E-state index contributed by atoms with van der Waals surface area (Å²) < 4.78 is 5.97. The van der Waals surface area contributed by atoms with Gasteiger partial charge in [-0.3, -0.25) is 4.79 Å². The Kier molecular flexibility index (Phi) is 5.85. The van der Waals surface area contributed by atoms with Crippen LogP contribution in [0.4, 0.5) is 0 Å². The van der Waals surface area contributed by atoms with Gasteiger partial charge < -0.3 is 9.64 Å². The first kappa shape index (κ1) is 16.0. The zero-order chi connectivity index (χ0) is 14.6. The summed E-state index contributed by atoms with van der Waals surface area (Å²) in [7, 11) is 3.45. The number of rotatable bonds is 5. The molecule has 1 amide bonds. The molecule has 0 N–H and O–H groups in total. The Morgan fingerprint density at radius 1 is 1.37 bits per heavy atom. The Morgan fingerprint density at radius 2 is 2.00 bits per heavy atom. The van der Waals surface area contributed by atoms with Gasteiger partial charge in [0.25, 0.3) is 5.91 Å². The normalized spacial score (nSPS) is 12.4. The number of ether oxygens (including phenoxy) is 1. The molecule has 0 bridgehead atoms. The van der Waals surface area contributed by atoms with Crippen molar-refractivity contribution in [3.8, 4) is 5.75 Å². The summed E-state index contributed by atoms with van der Waals surface area (Å²) in [4.78, 5) is 14.3. The van der Waals surface area contributed by atoms with E-state index >= 15 is 0 Å². The third-order valence-corrected chi connectivity index (χ3v) is 3.89. The van der Waals surface area contributed by atoms with E-state index in [2.05, 4.69) is 36.7 Å². The van der Waals surface area contributed by atoms with Crippen LogP contribution in [0.3, 0.4) is 0 Å². The molecule has 106 valence electrons. The van der Waals surface area contributed by atoms with Crippen LogP contribution in [0, 0.1) is 5.92 Å². The molecule has 1 atom stereocenters. The molecule has 0 aromatic heterocycles. The molecule has 3 nitrogen and oxygen atoms in total. The van der Waals surface area contributed by atoms with Crippen molar-refractivity contribution >= 4 is 21.8 Å². The van der Waals surface area contributed by atoms with Crippen molar-refractivity contribution < 1.29 is 9.53 Å². The molecule has 0 spiro atoms. The molecule has 0 saturated heterocycles. The van der Waals surface area contributed by atoms with Crippen LogP contribution in [0.2, 0.25) is 0 Å². The van der Waals surface area contributed by atoms with E-state index in [4.69, 9.17) is 4.74 Å². The molecule has 0 saturated carbocycles. The number of amides is 1. The Bertz CT molecular complexity index is 446. The second kappa shape index (κ2) is 6.94. The van der Waals surface area contributed by atoms with E-state index in [1.54, 1.807) is 18.1 Å². The zero-order valence-electron chi connectivity index (χ0n) is 12.2. The zero-order valence-corrected chi connectivity index (χ0v) is 13.8. The maximum absolute atomic E-state index is 12.5. The molecule has 0 aliphatic carbocycles. The van der Waals surface area contributed by atoms with E-state index in [9.17, 15) is 4.79 Å². The van der Waals surface area contributed by atoms with Crippen LogP contribution in [0.1, 0.15) is 37.6 Å². The standard InChI is InChI=1S/C15H22BrNO2/c1-10(2)8-11(3)17(4)15(18)13-9-12(19-5)6-7-14(13)16/h6-7,9-11H,8H2,1-5H3. The van der Waals surface area contributed by atoms with E-state index in [0.717, 1.165) is 10.9 Å². The first-order valence-electron chi connectivity index (χ1n) is 6.47. The number of carbonyl (C=O) groups excluding carboxylic acids is 1. The molecule has 1 unspecified atom stereocenters. The van der Waals surface area contributed by atoms with Gasteiger partial charge in [-0.2, -0.15) is 0 Å². The number of hydrogen-bond donors (Lipinski definition) is 0. The van der Waals surface area contributed by atoms with Crippen LogP contribution < -0.4 is 4.74 Å². The monoisotopic (exact) mass is 327 g/mol. The highest BCUT2D eigenvalue weighted by atomic mass is 79.9. The summed E-state index contributed by atoms with van der Waals surface area (Å²) in [6.45, 7) is 6.40. The second-order valence-electron chi connectivity index (χ2n) is 5.24. The number of carbonyl (C=O) groups is 1. The average molecular weight is 328 g/mol.